The lowest BCUT2D eigenvalue weighted by Gasteiger charge is -2.30. The molecule has 1 saturated heterocycles. The van der Waals surface area contributed by atoms with Crippen LogP contribution < -0.4 is 9.80 Å². The maximum Gasteiger partial charge on any atom is 0.318 e. The standard InChI is InChI=1S/C28H32N2O2/c1-21-7-13-24(14-8-21)29(3)25-15-9-22(10-16-25)28(2,27(31)32)23-11-17-26(18-12-23)30-19-5-4-6-20-30/h7-18H,4-6,19-20H2,1-3H3,(H,31,32). The number of nitrogens with zero attached hydrogens (tertiary/aromatic N) is 2. The van der Waals surface area contributed by atoms with Gasteiger partial charge in [0.2, 0.25) is 0 Å². The fourth-order valence-corrected chi connectivity index (χ4v) is 4.51. The molecule has 3 aromatic carbocycles. The number of hydrogen-bond acceptors (Lipinski definition) is 3. The molecule has 1 N–H and O–H groups in total. The summed E-state index contributed by atoms with van der Waals surface area (Å²) < 4.78 is 0. The molecule has 0 amide bonds. The molecular weight excluding hydrogens is 396 g/mol. The maximum atomic E-state index is 12.5. The Morgan fingerprint density at radius 1 is 0.812 bits per heavy atom. The fourth-order valence-electron chi connectivity index (χ4n) is 4.51. The summed E-state index contributed by atoms with van der Waals surface area (Å²) in [6.07, 6.45) is 3.73. The van der Waals surface area contributed by atoms with Crippen molar-refractivity contribution >= 4 is 23.0 Å². The topological polar surface area (TPSA) is 43.8 Å². The lowest BCUT2D eigenvalue weighted by Crippen LogP contribution is -2.34. The maximum absolute atomic E-state index is 12.5. The van der Waals surface area contributed by atoms with E-state index in [2.05, 4.69) is 53.1 Å². The molecule has 166 valence electrons. The zero-order valence-corrected chi connectivity index (χ0v) is 19.2. The molecule has 1 aliphatic rings. The van der Waals surface area contributed by atoms with Crippen LogP contribution in [0.4, 0.5) is 17.1 Å². The van der Waals surface area contributed by atoms with Gasteiger partial charge in [-0.05, 0) is 80.6 Å². The molecular formula is C28H32N2O2. The van der Waals surface area contributed by atoms with Crippen LogP contribution in [0.3, 0.4) is 0 Å². The normalized spacial score (nSPS) is 15.8. The van der Waals surface area contributed by atoms with E-state index in [4.69, 9.17) is 0 Å². The van der Waals surface area contributed by atoms with E-state index in [1.807, 2.05) is 43.4 Å². The molecule has 0 spiro atoms. The van der Waals surface area contributed by atoms with Crippen molar-refractivity contribution in [3.63, 3.8) is 0 Å². The predicted octanol–water partition coefficient (Wildman–Crippen LogP) is 6.14. The van der Waals surface area contributed by atoms with Crippen molar-refractivity contribution in [1.82, 2.24) is 0 Å². The Hall–Kier alpha value is -3.27. The largest absolute Gasteiger partial charge is 0.480 e. The van der Waals surface area contributed by atoms with E-state index in [0.29, 0.717) is 0 Å². The summed E-state index contributed by atoms with van der Waals surface area (Å²) in [7, 11) is 2.02. The van der Waals surface area contributed by atoms with E-state index >= 15 is 0 Å². The van der Waals surface area contributed by atoms with Crippen molar-refractivity contribution in [2.45, 2.75) is 38.5 Å². The molecule has 0 aliphatic carbocycles. The first-order chi connectivity index (χ1) is 15.4. The van der Waals surface area contributed by atoms with Crippen LogP contribution in [0.1, 0.15) is 42.9 Å². The number of piperidine rings is 1. The second-order valence-corrected chi connectivity index (χ2v) is 8.97. The van der Waals surface area contributed by atoms with Crippen LogP contribution in [0.5, 0.6) is 0 Å². The molecule has 1 atom stereocenters. The van der Waals surface area contributed by atoms with E-state index in [9.17, 15) is 9.90 Å². The Morgan fingerprint density at radius 3 is 1.78 bits per heavy atom. The fraction of sp³-hybridized carbons (Fsp3) is 0.321. The second-order valence-electron chi connectivity index (χ2n) is 8.97. The Bertz CT molecular complexity index is 1050. The first kappa shape index (κ1) is 21.9. The van der Waals surface area contributed by atoms with Crippen LogP contribution >= 0.6 is 0 Å². The Kier molecular flexibility index (Phi) is 6.22. The Morgan fingerprint density at radius 2 is 1.28 bits per heavy atom. The van der Waals surface area contributed by atoms with E-state index in [1.165, 1.54) is 30.5 Å². The summed E-state index contributed by atoms with van der Waals surface area (Å²) >= 11 is 0. The molecule has 1 aliphatic heterocycles. The Balaban J connectivity index is 1.60. The van der Waals surface area contributed by atoms with Crippen molar-refractivity contribution in [3.05, 3.63) is 89.5 Å². The number of anilines is 3. The number of carboxylic acid groups (broad SMARTS) is 1. The van der Waals surface area contributed by atoms with E-state index in [1.54, 1.807) is 6.92 Å². The minimum atomic E-state index is -1.11. The molecule has 0 bridgehead atoms. The number of carbonyl (C=O) groups is 1. The zero-order chi connectivity index (χ0) is 22.7. The highest BCUT2D eigenvalue weighted by atomic mass is 16.4. The minimum absolute atomic E-state index is 0.775. The third kappa shape index (κ3) is 4.22. The van der Waals surface area contributed by atoms with Gasteiger partial charge < -0.3 is 14.9 Å². The van der Waals surface area contributed by atoms with Gasteiger partial charge in [0, 0.05) is 37.2 Å². The third-order valence-electron chi connectivity index (χ3n) is 6.85. The summed E-state index contributed by atoms with van der Waals surface area (Å²) in [4.78, 5) is 17.0. The van der Waals surface area contributed by atoms with Gasteiger partial charge >= 0.3 is 5.97 Å². The molecule has 1 unspecified atom stereocenters. The van der Waals surface area contributed by atoms with Crippen LogP contribution in [-0.4, -0.2) is 31.2 Å². The number of aliphatic carboxylic acids is 1. The summed E-state index contributed by atoms with van der Waals surface area (Å²) in [6, 6.07) is 24.3. The van der Waals surface area contributed by atoms with Crippen LogP contribution in [0.15, 0.2) is 72.8 Å². The van der Waals surface area contributed by atoms with Gasteiger partial charge in [0.25, 0.3) is 0 Å². The molecule has 0 saturated carbocycles. The first-order valence-electron chi connectivity index (χ1n) is 11.4. The molecule has 3 aromatic rings. The van der Waals surface area contributed by atoms with Gasteiger partial charge in [0.05, 0.1) is 0 Å². The van der Waals surface area contributed by atoms with Gasteiger partial charge in [-0.15, -0.1) is 0 Å². The minimum Gasteiger partial charge on any atom is -0.480 e. The van der Waals surface area contributed by atoms with Gasteiger partial charge in [-0.25, -0.2) is 0 Å². The molecule has 4 nitrogen and oxygen atoms in total. The van der Waals surface area contributed by atoms with Gasteiger partial charge in [0.15, 0.2) is 0 Å². The van der Waals surface area contributed by atoms with Crippen molar-refractivity contribution in [1.29, 1.82) is 0 Å². The molecule has 32 heavy (non-hydrogen) atoms. The average Bonchev–Trinajstić information content (AvgIpc) is 2.84. The van der Waals surface area contributed by atoms with Crippen molar-refractivity contribution in [3.8, 4) is 0 Å². The molecule has 4 heteroatoms. The highest BCUT2D eigenvalue weighted by Gasteiger charge is 2.37. The lowest BCUT2D eigenvalue weighted by molar-refractivity contribution is -0.141. The monoisotopic (exact) mass is 428 g/mol. The van der Waals surface area contributed by atoms with Crippen molar-refractivity contribution in [2.75, 3.05) is 29.9 Å². The highest BCUT2D eigenvalue weighted by molar-refractivity contribution is 5.86. The molecule has 1 heterocycles. The van der Waals surface area contributed by atoms with Gasteiger partial charge in [-0.3, -0.25) is 4.79 Å². The van der Waals surface area contributed by atoms with Gasteiger partial charge in [-0.2, -0.15) is 0 Å². The van der Waals surface area contributed by atoms with Crippen LogP contribution in [-0.2, 0) is 10.2 Å². The van der Waals surface area contributed by atoms with E-state index in [-0.39, 0.29) is 0 Å². The number of hydrogen-bond donors (Lipinski definition) is 1. The van der Waals surface area contributed by atoms with Crippen molar-refractivity contribution in [2.24, 2.45) is 0 Å². The summed E-state index contributed by atoms with van der Waals surface area (Å²) in [5.74, 6) is -0.845. The molecule has 1 fully saturated rings. The molecule has 0 aromatic heterocycles. The smallest absolute Gasteiger partial charge is 0.318 e. The SMILES string of the molecule is Cc1ccc(N(C)c2ccc(C(C)(C(=O)O)c3ccc(N4CCCCC4)cc3)cc2)cc1. The Labute approximate surface area is 191 Å². The molecule has 4 rings (SSSR count). The summed E-state index contributed by atoms with van der Waals surface area (Å²) in [5.41, 5.74) is 4.98. The number of aryl methyl sites for hydroxylation is 1. The van der Waals surface area contributed by atoms with Crippen LogP contribution in [0, 0.1) is 6.92 Å². The zero-order valence-electron chi connectivity index (χ0n) is 19.2. The van der Waals surface area contributed by atoms with E-state index in [0.717, 1.165) is 35.6 Å². The summed E-state index contributed by atoms with van der Waals surface area (Å²) in [6.45, 7) is 6.02. The number of carboxylic acids is 1. The quantitative estimate of drug-likeness (QED) is 0.512. The third-order valence-corrected chi connectivity index (χ3v) is 6.85. The molecule has 0 radical (unpaired) electrons. The number of benzene rings is 3. The van der Waals surface area contributed by atoms with Crippen molar-refractivity contribution < 1.29 is 9.90 Å². The first-order valence-corrected chi connectivity index (χ1v) is 11.4. The highest BCUT2D eigenvalue weighted by Crippen LogP contribution is 2.35. The predicted molar refractivity (Wildman–Crippen MR) is 132 cm³/mol. The lowest BCUT2D eigenvalue weighted by atomic mass is 9.76. The van der Waals surface area contributed by atoms with Crippen LogP contribution in [0.25, 0.3) is 0 Å². The second kappa shape index (κ2) is 9.07. The van der Waals surface area contributed by atoms with Crippen LogP contribution in [0.2, 0.25) is 0 Å². The average molecular weight is 429 g/mol. The van der Waals surface area contributed by atoms with Gasteiger partial charge in [0.1, 0.15) is 5.41 Å². The van der Waals surface area contributed by atoms with Gasteiger partial charge in [-0.1, -0.05) is 42.0 Å². The number of rotatable bonds is 6. The van der Waals surface area contributed by atoms with E-state index < -0.39 is 11.4 Å². The summed E-state index contributed by atoms with van der Waals surface area (Å²) in [5, 5.41) is 10.2.